The van der Waals surface area contributed by atoms with Gasteiger partial charge in [-0.15, -0.1) is 0 Å². The van der Waals surface area contributed by atoms with E-state index in [4.69, 9.17) is 37.9 Å². The number of ether oxygens (including phenoxy) is 8. The largest absolute Gasteiger partial charge is 2.00 e. The molecule has 0 amide bonds. The number of nitrogens with one attached hydrogen (secondary N) is 1. The summed E-state index contributed by atoms with van der Waals surface area (Å²) < 4.78 is 49.5. The number of fused-ring (bicyclic) bond motifs is 4. The number of benzene rings is 12. The third-order valence-corrected chi connectivity index (χ3v) is 25.6. The third-order valence-electron chi connectivity index (χ3n) is 15.6. The molecule has 0 saturated carbocycles. The molecule has 0 aliphatic carbocycles. The predicted molar refractivity (Wildman–Crippen MR) is 378 cm³/mol. The van der Waals surface area contributed by atoms with Crippen LogP contribution in [-0.4, -0.2) is 41.3 Å². The van der Waals surface area contributed by atoms with Crippen molar-refractivity contribution in [3.05, 3.63) is 291 Å². The van der Waals surface area contributed by atoms with Crippen LogP contribution in [0.1, 0.15) is 0 Å². The van der Waals surface area contributed by atoms with Crippen LogP contribution in [0.4, 0.5) is 0 Å². The molecule has 0 bridgehead atoms. The molecule has 4 aliphatic rings. The van der Waals surface area contributed by atoms with Crippen LogP contribution in [-0.2, 0) is 39.0 Å². The molecule has 0 spiro atoms. The first-order valence-corrected chi connectivity index (χ1v) is 35.4. The summed E-state index contributed by atoms with van der Waals surface area (Å²) in [5.74, 6) is 5.98. The summed E-state index contributed by atoms with van der Waals surface area (Å²) in [6.45, 7) is 0.699. The van der Waals surface area contributed by atoms with Crippen molar-refractivity contribution in [1.82, 2.24) is 5.32 Å². The molecule has 20 heteroatoms. The Morgan fingerprint density at radius 1 is 0.214 bits per heavy atom. The Bertz CT molecular complexity index is 3740. The van der Waals surface area contributed by atoms with Crippen molar-refractivity contribution in [3.63, 3.8) is 0 Å². The molecule has 0 unspecified atom stereocenters. The van der Waals surface area contributed by atoms with Gasteiger partial charge >= 0.3 is 39.0 Å². The van der Waals surface area contributed by atoms with Gasteiger partial charge in [0.25, 0.3) is 0 Å². The van der Waals surface area contributed by atoms with Gasteiger partial charge in [0.1, 0.15) is 0 Å². The van der Waals surface area contributed by atoms with E-state index in [1.54, 1.807) is 0 Å². The fourth-order valence-corrected chi connectivity index (χ4v) is 21.7. The SMILES string of the molecule is CNC.[Cl-].[Cl-].[Cl-].[Cl-].[Cl-].[Ru+2].[Ru+2].c1ccc(P(c2ccccc2)c2ccc3c(c2-c2c(P(c4ccccc4)c4ccccc4)ccc4c2OCO4)OCO3)cc1.c1ccc(P(c2ccccc2)c2ccc3c(c2-c2c(P(c4ccccc4)c4ccccc4)ccc4c2OCO4)OCO3)cc1. The topological polar surface area (TPSA) is 85.9 Å². The van der Waals surface area contributed by atoms with Crippen LogP contribution in [0.5, 0.6) is 46.0 Å². The van der Waals surface area contributed by atoms with Gasteiger partial charge in [-0.3, -0.25) is 0 Å². The molecule has 4 aliphatic heterocycles. The molecule has 12 aromatic carbocycles. The van der Waals surface area contributed by atoms with Gasteiger partial charge in [-0.25, -0.2) is 0 Å². The maximum absolute atomic E-state index is 6.35. The Hall–Kier alpha value is -6.58. The standard InChI is InChI=1S/2C38H28O4P2.C2H7N.5ClH.2Ru/c2*1-5-13-27(14-6-1)43(28-15-7-2-8-16-28)33-23-21-31-37(41-25-39-31)35(33)36-34(24-22-32-38(36)42-26-40-32)44(29-17-9-3-10-18-29)30-19-11-4-12-20-30;1-3-2;;;;;;;/h2*1-24H,25-26H2;3H,1-2H3;5*1H;;/q;;;;;;;;2*+2/p-5. The number of hydrogen-bond acceptors (Lipinski definition) is 9. The van der Waals surface area contributed by atoms with Gasteiger partial charge in [0, 0.05) is 22.3 Å². The predicted octanol–water partition coefficient (Wildman–Crippen LogP) is -2.49. The molecule has 500 valence electrons. The van der Waals surface area contributed by atoms with E-state index >= 15 is 0 Å². The van der Waals surface area contributed by atoms with Crippen LogP contribution in [0.25, 0.3) is 22.3 Å². The van der Waals surface area contributed by atoms with Crippen molar-refractivity contribution in [3.8, 4) is 68.2 Å². The average molecular weight is 1650 g/mol. The molecule has 0 atom stereocenters. The van der Waals surface area contributed by atoms with Crippen LogP contribution < -0.4 is 169 Å². The number of hydrogen-bond donors (Lipinski definition) is 1. The normalized spacial score (nSPS) is 11.9. The summed E-state index contributed by atoms with van der Waals surface area (Å²) >= 11 is 0. The van der Waals surface area contributed by atoms with E-state index < -0.39 is 31.7 Å². The Morgan fingerprint density at radius 3 is 0.500 bits per heavy atom. The van der Waals surface area contributed by atoms with E-state index in [1.165, 1.54) is 63.7 Å². The Balaban J connectivity index is 0.000000248. The molecular formula is C78H63Cl5NO8P4Ru2-. The summed E-state index contributed by atoms with van der Waals surface area (Å²) in [5, 5.41) is 17.5. The monoisotopic (exact) mass is 1640 g/mol. The van der Waals surface area contributed by atoms with Crippen molar-refractivity contribution in [2.24, 2.45) is 0 Å². The Labute approximate surface area is 634 Å². The fourth-order valence-electron chi connectivity index (χ4n) is 11.9. The van der Waals surface area contributed by atoms with Crippen LogP contribution in [0, 0.1) is 0 Å². The Morgan fingerprint density at radius 2 is 0.357 bits per heavy atom. The summed E-state index contributed by atoms with van der Waals surface area (Å²) in [7, 11) is -0.124. The molecule has 4 heterocycles. The molecular weight excluding hydrogens is 1580 g/mol. The molecule has 0 fully saturated rings. The number of rotatable bonds is 14. The average Bonchev–Trinajstić information content (AvgIpc) is 1.43. The summed E-state index contributed by atoms with van der Waals surface area (Å²) in [6.07, 6.45) is 0. The third kappa shape index (κ3) is 16.6. The van der Waals surface area contributed by atoms with Crippen LogP contribution in [0.2, 0.25) is 0 Å². The van der Waals surface area contributed by atoms with Crippen molar-refractivity contribution < 1.29 is 139 Å². The second-order valence-corrected chi connectivity index (χ2v) is 30.0. The zero-order valence-electron chi connectivity index (χ0n) is 52.7. The zero-order chi connectivity index (χ0) is 61.3. The summed E-state index contributed by atoms with van der Waals surface area (Å²) in [5.41, 5.74) is 4.04. The van der Waals surface area contributed by atoms with E-state index in [-0.39, 0.29) is 128 Å². The molecule has 1 N–H and O–H groups in total. The first kappa shape index (κ1) is 78.8. The van der Waals surface area contributed by atoms with Gasteiger partial charge in [0.2, 0.25) is 27.2 Å². The zero-order valence-corrected chi connectivity index (χ0v) is 63.5. The van der Waals surface area contributed by atoms with Crippen molar-refractivity contribution >= 4 is 95.3 Å². The van der Waals surface area contributed by atoms with E-state index in [0.29, 0.717) is 0 Å². The van der Waals surface area contributed by atoms with Gasteiger partial charge in [-0.05, 0) is 158 Å². The van der Waals surface area contributed by atoms with Gasteiger partial charge in [-0.2, -0.15) is 0 Å². The van der Waals surface area contributed by atoms with Gasteiger partial charge in [0.05, 0.1) is 0 Å². The number of halogens is 5. The Kier molecular flexibility index (Phi) is 30.3. The van der Waals surface area contributed by atoms with Crippen LogP contribution in [0.15, 0.2) is 291 Å². The fraction of sp³-hybridized carbons (Fsp3) is 0.0769. The van der Waals surface area contributed by atoms with Crippen molar-refractivity contribution in [1.29, 1.82) is 0 Å². The van der Waals surface area contributed by atoms with Crippen LogP contribution >= 0.6 is 31.7 Å². The first-order chi connectivity index (χ1) is 45.1. The molecule has 9 nitrogen and oxygen atoms in total. The maximum Gasteiger partial charge on any atom is 2.00 e. The van der Waals surface area contributed by atoms with E-state index in [1.807, 2.05) is 14.1 Å². The minimum Gasteiger partial charge on any atom is -1.00 e. The smallest absolute Gasteiger partial charge is 1.00 e. The van der Waals surface area contributed by atoms with Crippen molar-refractivity contribution in [2.45, 2.75) is 0 Å². The second-order valence-electron chi connectivity index (χ2n) is 21.3. The molecule has 0 saturated heterocycles. The van der Waals surface area contributed by atoms with E-state index in [9.17, 15) is 0 Å². The summed E-state index contributed by atoms with van der Waals surface area (Å²) in [4.78, 5) is 0. The minimum atomic E-state index is -0.968. The minimum absolute atomic E-state index is 0. The quantitative estimate of drug-likeness (QED) is 0.0941. The molecule has 0 aromatic heterocycles. The maximum atomic E-state index is 6.35. The van der Waals surface area contributed by atoms with Crippen LogP contribution in [0.3, 0.4) is 0 Å². The van der Waals surface area contributed by atoms with Crippen molar-refractivity contribution in [2.75, 3.05) is 41.3 Å². The van der Waals surface area contributed by atoms with E-state index in [0.717, 1.165) is 68.2 Å². The van der Waals surface area contributed by atoms with Gasteiger partial charge in [0.15, 0.2) is 46.0 Å². The molecule has 16 rings (SSSR count). The second kappa shape index (κ2) is 37.7. The van der Waals surface area contributed by atoms with Gasteiger partial charge < -0.3 is 105 Å². The molecule has 0 radical (unpaired) electrons. The summed E-state index contributed by atoms with van der Waals surface area (Å²) in [6, 6.07) is 103. The van der Waals surface area contributed by atoms with E-state index in [2.05, 4.69) is 297 Å². The molecule has 98 heavy (non-hydrogen) atoms. The first-order valence-electron chi connectivity index (χ1n) is 30.1. The molecule has 12 aromatic rings. The van der Waals surface area contributed by atoms with Gasteiger partial charge in [-0.1, -0.05) is 243 Å².